The zero-order chi connectivity index (χ0) is 21.6. The molecule has 0 bridgehead atoms. The second kappa shape index (κ2) is 10.1. The minimum atomic E-state index is -0.400. The molecule has 2 aliphatic rings. The number of imide groups is 1. The van der Waals surface area contributed by atoms with Crippen LogP contribution in [0.2, 0.25) is 0 Å². The molecular formula is C20H29FN4O4. The Morgan fingerprint density at radius 2 is 1.90 bits per heavy atom. The molecule has 8 nitrogen and oxygen atoms in total. The number of hydrogen-bond donors (Lipinski definition) is 2. The molecule has 2 fully saturated rings. The molecule has 4 amide bonds. The first-order valence-electron chi connectivity index (χ1n) is 9.75. The summed E-state index contributed by atoms with van der Waals surface area (Å²) in [6, 6.07) is 2.49. The molecule has 0 aliphatic carbocycles. The summed E-state index contributed by atoms with van der Waals surface area (Å²) in [5.74, 6) is -0.101. The number of anilines is 1. The van der Waals surface area contributed by atoms with Gasteiger partial charge in [0.2, 0.25) is 11.8 Å². The fourth-order valence-corrected chi connectivity index (χ4v) is 3.23. The van der Waals surface area contributed by atoms with Crippen molar-refractivity contribution >= 4 is 23.5 Å². The van der Waals surface area contributed by atoms with Crippen LogP contribution in [0.5, 0.6) is 5.75 Å². The molecule has 2 saturated heterocycles. The maximum Gasteiger partial charge on any atom is 0.322 e. The molecule has 29 heavy (non-hydrogen) atoms. The third-order valence-electron chi connectivity index (χ3n) is 4.88. The molecule has 1 unspecified atom stereocenters. The fraction of sp³-hybridized carbons (Fsp3) is 0.550. The van der Waals surface area contributed by atoms with Gasteiger partial charge < -0.3 is 19.9 Å². The summed E-state index contributed by atoms with van der Waals surface area (Å²) in [6.07, 6.45) is 1.50. The molecule has 2 N–H and O–H groups in total. The Hall–Kier alpha value is -2.84. The van der Waals surface area contributed by atoms with Crippen LogP contribution in [0.1, 0.15) is 32.3 Å². The van der Waals surface area contributed by atoms with Crippen molar-refractivity contribution in [3.8, 4) is 5.75 Å². The third kappa shape index (κ3) is 5.82. The lowest BCUT2D eigenvalue weighted by atomic mass is 10.1. The van der Waals surface area contributed by atoms with Crippen LogP contribution in [-0.4, -0.2) is 62.1 Å². The quantitative estimate of drug-likeness (QED) is 0.742. The van der Waals surface area contributed by atoms with Crippen LogP contribution in [-0.2, 0) is 9.59 Å². The van der Waals surface area contributed by atoms with Crippen LogP contribution >= 0.6 is 0 Å². The number of aryl methyl sites for hydroxylation is 1. The Morgan fingerprint density at radius 3 is 2.34 bits per heavy atom. The molecule has 0 radical (unpaired) electrons. The van der Waals surface area contributed by atoms with Crippen LogP contribution in [0.15, 0.2) is 12.1 Å². The highest BCUT2D eigenvalue weighted by atomic mass is 19.1. The number of carbonyl (C=O) groups is 3. The Kier molecular flexibility index (Phi) is 7.81. The molecule has 0 aromatic heterocycles. The molecule has 2 aliphatic heterocycles. The van der Waals surface area contributed by atoms with Gasteiger partial charge in [0.15, 0.2) is 11.6 Å². The van der Waals surface area contributed by atoms with Crippen molar-refractivity contribution in [3.05, 3.63) is 23.5 Å². The number of urea groups is 1. The van der Waals surface area contributed by atoms with Gasteiger partial charge in [-0.3, -0.25) is 14.9 Å². The zero-order valence-electron chi connectivity index (χ0n) is 17.4. The lowest BCUT2D eigenvalue weighted by Crippen LogP contribution is -2.48. The van der Waals surface area contributed by atoms with E-state index in [4.69, 9.17) is 4.74 Å². The van der Waals surface area contributed by atoms with E-state index in [0.717, 1.165) is 43.9 Å². The number of rotatable bonds is 4. The molecule has 2 heterocycles. The number of methoxy groups -OCH3 is 1. The van der Waals surface area contributed by atoms with E-state index in [0.29, 0.717) is 6.42 Å². The van der Waals surface area contributed by atoms with Gasteiger partial charge in [-0.25, -0.2) is 9.18 Å². The largest absolute Gasteiger partial charge is 0.494 e. The highest BCUT2D eigenvalue weighted by Crippen LogP contribution is 2.29. The summed E-state index contributed by atoms with van der Waals surface area (Å²) >= 11 is 0. The Bertz CT molecular complexity index is 763. The summed E-state index contributed by atoms with van der Waals surface area (Å²) in [4.78, 5) is 36.6. The van der Waals surface area contributed by atoms with E-state index in [9.17, 15) is 18.8 Å². The first-order chi connectivity index (χ1) is 13.8. The highest BCUT2D eigenvalue weighted by molar-refractivity contribution is 6.03. The van der Waals surface area contributed by atoms with Gasteiger partial charge in [-0.15, -0.1) is 0 Å². The van der Waals surface area contributed by atoms with E-state index in [2.05, 4.69) is 15.5 Å². The van der Waals surface area contributed by atoms with Crippen LogP contribution < -0.4 is 20.3 Å². The number of amides is 4. The summed E-state index contributed by atoms with van der Waals surface area (Å²) in [7, 11) is 1.47. The average molecular weight is 408 g/mol. The van der Waals surface area contributed by atoms with Crippen molar-refractivity contribution in [2.45, 2.75) is 39.7 Å². The maximum absolute atomic E-state index is 13.7. The first kappa shape index (κ1) is 22.4. The molecule has 3 rings (SSSR count). The smallest absolute Gasteiger partial charge is 0.322 e. The van der Waals surface area contributed by atoms with Crippen LogP contribution in [0.25, 0.3) is 0 Å². The predicted molar refractivity (Wildman–Crippen MR) is 108 cm³/mol. The summed E-state index contributed by atoms with van der Waals surface area (Å²) in [6.45, 7) is 8.51. The molecule has 0 spiro atoms. The molecule has 1 aromatic carbocycles. The Labute approximate surface area is 170 Å². The van der Waals surface area contributed by atoms with Gasteiger partial charge in [-0.2, -0.15) is 0 Å². The summed E-state index contributed by atoms with van der Waals surface area (Å²) < 4.78 is 18.7. The average Bonchev–Trinajstić information content (AvgIpc) is 2.98. The molecule has 0 saturated carbocycles. The molecule has 1 aromatic rings. The standard InChI is InChI=1S/C16H23FN2O2.C4H6N2O2/c1-4-5-16(20)19-8-6-18(7-9-19)14-11-15(21-3)13(17)10-12(14)2;1-2-3(7)6-4(8)5-2/h10-11H,4-9H2,1-3H3;2H,1H3,(H2,5,6,7,8). The van der Waals surface area contributed by atoms with E-state index in [1.165, 1.54) is 13.2 Å². The number of ether oxygens (including phenoxy) is 1. The molecule has 9 heteroatoms. The topological polar surface area (TPSA) is 91.0 Å². The maximum atomic E-state index is 13.7. The van der Waals surface area contributed by atoms with Gasteiger partial charge in [-0.05, 0) is 31.9 Å². The Morgan fingerprint density at radius 1 is 1.24 bits per heavy atom. The number of benzene rings is 1. The number of nitrogens with one attached hydrogen (secondary N) is 2. The lowest BCUT2D eigenvalue weighted by Gasteiger charge is -2.37. The SMILES string of the molecule is CC1NC(=O)NC1=O.CCCC(=O)N1CCN(c2cc(OC)c(F)cc2C)CC1. The van der Waals surface area contributed by atoms with Crippen LogP contribution in [0, 0.1) is 12.7 Å². The highest BCUT2D eigenvalue weighted by Gasteiger charge is 2.24. The second-order valence-electron chi connectivity index (χ2n) is 7.08. The number of nitrogens with zero attached hydrogens (tertiary/aromatic N) is 2. The van der Waals surface area contributed by atoms with Crippen molar-refractivity contribution in [2.75, 3.05) is 38.2 Å². The van der Waals surface area contributed by atoms with Gasteiger partial charge in [0, 0.05) is 44.4 Å². The Balaban J connectivity index is 0.000000313. The fourth-order valence-electron chi connectivity index (χ4n) is 3.23. The van der Waals surface area contributed by atoms with Gasteiger partial charge in [0.25, 0.3) is 0 Å². The molecule has 160 valence electrons. The molecular weight excluding hydrogens is 379 g/mol. The first-order valence-corrected chi connectivity index (χ1v) is 9.75. The second-order valence-corrected chi connectivity index (χ2v) is 7.08. The number of piperazine rings is 1. The van der Waals surface area contributed by atoms with Crippen molar-refractivity contribution in [3.63, 3.8) is 0 Å². The van der Waals surface area contributed by atoms with Gasteiger partial charge in [0.1, 0.15) is 6.04 Å². The van der Waals surface area contributed by atoms with Crippen molar-refractivity contribution in [1.82, 2.24) is 15.5 Å². The summed E-state index contributed by atoms with van der Waals surface area (Å²) in [5, 5.41) is 4.44. The minimum absolute atomic E-state index is 0.227. The number of halogens is 1. The van der Waals surface area contributed by atoms with Crippen molar-refractivity contribution < 1.29 is 23.5 Å². The van der Waals surface area contributed by atoms with E-state index >= 15 is 0 Å². The van der Waals surface area contributed by atoms with E-state index < -0.39 is 6.03 Å². The van der Waals surface area contributed by atoms with Gasteiger partial charge in [-0.1, -0.05) is 6.92 Å². The minimum Gasteiger partial charge on any atom is -0.494 e. The van der Waals surface area contributed by atoms with Gasteiger partial charge in [0.05, 0.1) is 7.11 Å². The number of hydrogen-bond acceptors (Lipinski definition) is 5. The normalized spacial score (nSPS) is 18.6. The summed E-state index contributed by atoms with van der Waals surface area (Å²) in [5.41, 5.74) is 1.87. The van der Waals surface area contributed by atoms with Crippen LogP contribution in [0.3, 0.4) is 0 Å². The predicted octanol–water partition coefficient (Wildman–Crippen LogP) is 1.81. The van der Waals surface area contributed by atoms with Gasteiger partial charge >= 0.3 is 6.03 Å². The lowest BCUT2D eigenvalue weighted by molar-refractivity contribution is -0.131. The number of carbonyl (C=O) groups excluding carboxylic acids is 3. The van der Waals surface area contributed by atoms with Crippen molar-refractivity contribution in [2.24, 2.45) is 0 Å². The monoisotopic (exact) mass is 408 g/mol. The van der Waals surface area contributed by atoms with Crippen LogP contribution in [0.4, 0.5) is 14.9 Å². The van der Waals surface area contributed by atoms with E-state index in [1.807, 2.05) is 18.7 Å². The molecule has 1 atom stereocenters. The van der Waals surface area contributed by atoms with E-state index in [1.54, 1.807) is 13.0 Å². The third-order valence-corrected chi connectivity index (χ3v) is 4.88. The zero-order valence-corrected chi connectivity index (χ0v) is 17.4. The van der Waals surface area contributed by atoms with E-state index in [-0.39, 0.29) is 29.4 Å². The van der Waals surface area contributed by atoms with Crippen molar-refractivity contribution in [1.29, 1.82) is 0 Å².